The third-order valence-corrected chi connectivity index (χ3v) is 3.61. The fourth-order valence-electron chi connectivity index (χ4n) is 1.13. The van der Waals surface area contributed by atoms with Crippen molar-refractivity contribution in [1.82, 2.24) is 4.98 Å². The fraction of sp³-hybridized carbons (Fsp3) is 0. The lowest BCUT2D eigenvalue weighted by molar-refractivity contribution is 1.33. The molecule has 74 valence electrons. The number of rotatable bonds is 1. The lowest BCUT2D eigenvalue weighted by atomic mass is 10.2. The monoisotopic (exact) mass is 252 g/mol. The summed E-state index contributed by atoms with van der Waals surface area (Å²) in [5.74, 6) is 0. The maximum absolute atomic E-state index is 8.67. The minimum atomic E-state index is 0.413. The number of nitriles is 1. The van der Waals surface area contributed by atoms with Gasteiger partial charge in [-0.2, -0.15) is 5.26 Å². The van der Waals surface area contributed by atoms with Crippen molar-refractivity contribution in [2.24, 2.45) is 0 Å². The number of hydrogen-bond donors (Lipinski definition) is 1. The maximum atomic E-state index is 8.67. The zero-order valence-electron chi connectivity index (χ0n) is 7.44. The van der Waals surface area contributed by atoms with Crippen molar-refractivity contribution in [2.45, 2.75) is 4.90 Å². The van der Waals surface area contributed by atoms with Gasteiger partial charge in [0.05, 0.1) is 5.02 Å². The van der Waals surface area contributed by atoms with Crippen LogP contribution in [0, 0.1) is 11.3 Å². The molecule has 0 amide bonds. The van der Waals surface area contributed by atoms with Gasteiger partial charge in [0, 0.05) is 15.8 Å². The standard InChI is InChI=1S/C10H5ClN2S2/c11-9-7(2-1-3-8(9)14)10-13-6(4-12)5-15-10/h1-3,5,14H. The number of nitrogens with zero attached hydrogens (tertiary/aromatic N) is 2. The van der Waals surface area contributed by atoms with E-state index in [1.54, 1.807) is 5.38 Å². The highest BCUT2D eigenvalue weighted by Crippen LogP contribution is 2.33. The molecular weight excluding hydrogens is 248 g/mol. The Balaban J connectivity index is 2.55. The minimum Gasteiger partial charge on any atom is -0.225 e. The summed E-state index contributed by atoms with van der Waals surface area (Å²) in [6.07, 6.45) is 0. The molecule has 1 aromatic carbocycles. The van der Waals surface area contributed by atoms with E-state index in [1.165, 1.54) is 11.3 Å². The van der Waals surface area contributed by atoms with Crippen LogP contribution in [-0.4, -0.2) is 4.98 Å². The van der Waals surface area contributed by atoms with Crippen molar-refractivity contribution in [3.05, 3.63) is 34.3 Å². The zero-order valence-corrected chi connectivity index (χ0v) is 9.90. The highest BCUT2D eigenvalue weighted by molar-refractivity contribution is 7.80. The molecule has 2 rings (SSSR count). The molecule has 0 aliphatic rings. The summed E-state index contributed by atoms with van der Waals surface area (Å²) in [7, 11) is 0. The summed E-state index contributed by atoms with van der Waals surface area (Å²) < 4.78 is 0. The molecule has 1 aromatic heterocycles. The summed E-state index contributed by atoms with van der Waals surface area (Å²) in [5, 5.41) is 11.7. The van der Waals surface area contributed by atoms with Crippen LogP contribution in [0.5, 0.6) is 0 Å². The molecule has 0 atom stereocenters. The number of thiol groups is 1. The minimum absolute atomic E-state index is 0.413. The van der Waals surface area contributed by atoms with Crippen molar-refractivity contribution < 1.29 is 0 Å². The predicted molar refractivity (Wildman–Crippen MR) is 64.5 cm³/mol. The van der Waals surface area contributed by atoms with Gasteiger partial charge in [-0.1, -0.05) is 23.7 Å². The Morgan fingerprint density at radius 2 is 2.27 bits per heavy atom. The van der Waals surface area contributed by atoms with Crippen molar-refractivity contribution in [3.63, 3.8) is 0 Å². The van der Waals surface area contributed by atoms with E-state index in [1.807, 2.05) is 24.3 Å². The first-order valence-corrected chi connectivity index (χ1v) is 5.76. The largest absolute Gasteiger partial charge is 0.225 e. The highest BCUT2D eigenvalue weighted by atomic mass is 35.5. The van der Waals surface area contributed by atoms with E-state index < -0.39 is 0 Å². The van der Waals surface area contributed by atoms with Crippen molar-refractivity contribution in [1.29, 1.82) is 5.26 Å². The lowest BCUT2D eigenvalue weighted by Gasteiger charge is -2.01. The lowest BCUT2D eigenvalue weighted by Crippen LogP contribution is -1.80. The zero-order chi connectivity index (χ0) is 10.8. The molecule has 0 bridgehead atoms. The molecule has 15 heavy (non-hydrogen) atoms. The van der Waals surface area contributed by atoms with E-state index >= 15 is 0 Å². The summed E-state index contributed by atoms with van der Waals surface area (Å²) in [5.41, 5.74) is 1.23. The van der Waals surface area contributed by atoms with Gasteiger partial charge in [-0.05, 0) is 6.07 Å². The van der Waals surface area contributed by atoms with E-state index in [9.17, 15) is 0 Å². The van der Waals surface area contributed by atoms with Gasteiger partial charge in [0.15, 0.2) is 5.69 Å². The van der Waals surface area contributed by atoms with Gasteiger partial charge in [-0.3, -0.25) is 0 Å². The van der Waals surface area contributed by atoms with Gasteiger partial charge in [0.2, 0.25) is 0 Å². The summed E-state index contributed by atoms with van der Waals surface area (Å²) in [6, 6.07) is 7.52. The molecule has 0 radical (unpaired) electrons. The van der Waals surface area contributed by atoms with Gasteiger partial charge in [-0.25, -0.2) is 4.98 Å². The number of aromatic nitrogens is 1. The van der Waals surface area contributed by atoms with Gasteiger partial charge in [0.25, 0.3) is 0 Å². The van der Waals surface area contributed by atoms with Crippen LogP contribution < -0.4 is 0 Å². The highest BCUT2D eigenvalue weighted by Gasteiger charge is 2.09. The van der Waals surface area contributed by atoms with Crippen LogP contribution in [0.1, 0.15) is 5.69 Å². The van der Waals surface area contributed by atoms with E-state index in [-0.39, 0.29) is 0 Å². The summed E-state index contributed by atoms with van der Waals surface area (Å²) in [6.45, 7) is 0. The number of hydrogen-bond acceptors (Lipinski definition) is 4. The first-order chi connectivity index (χ1) is 7.22. The SMILES string of the molecule is N#Cc1csc(-c2cccc(S)c2Cl)n1. The summed E-state index contributed by atoms with van der Waals surface area (Å²) in [4.78, 5) is 4.85. The number of benzene rings is 1. The molecule has 0 spiro atoms. The van der Waals surface area contributed by atoms with Crippen LogP contribution in [0.4, 0.5) is 0 Å². The van der Waals surface area contributed by atoms with E-state index in [2.05, 4.69) is 17.6 Å². The molecule has 2 nitrogen and oxygen atoms in total. The first-order valence-electron chi connectivity index (χ1n) is 4.06. The average Bonchev–Trinajstić information content (AvgIpc) is 2.70. The van der Waals surface area contributed by atoms with Crippen LogP contribution in [0.3, 0.4) is 0 Å². The van der Waals surface area contributed by atoms with Crippen LogP contribution in [0.2, 0.25) is 5.02 Å². The van der Waals surface area contributed by atoms with Crippen LogP contribution in [-0.2, 0) is 0 Å². The topological polar surface area (TPSA) is 36.7 Å². The second-order valence-electron chi connectivity index (χ2n) is 2.79. The van der Waals surface area contributed by atoms with Gasteiger partial charge >= 0.3 is 0 Å². The van der Waals surface area contributed by atoms with Crippen molar-refractivity contribution >= 4 is 35.6 Å². The molecule has 0 saturated heterocycles. The molecule has 0 N–H and O–H groups in total. The van der Waals surface area contributed by atoms with Crippen LogP contribution in [0.15, 0.2) is 28.5 Å². The van der Waals surface area contributed by atoms with Crippen molar-refractivity contribution in [2.75, 3.05) is 0 Å². The molecule has 0 saturated carbocycles. The van der Waals surface area contributed by atoms with Crippen molar-refractivity contribution in [3.8, 4) is 16.6 Å². The molecule has 0 aliphatic heterocycles. The molecule has 0 aliphatic carbocycles. The smallest absolute Gasteiger partial charge is 0.152 e. The fourth-order valence-corrected chi connectivity index (χ4v) is 2.39. The van der Waals surface area contributed by atoms with Crippen LogP contribution >= 0.6 is 35.6 Å². The first kappa shape index (κ1) is 10.5. The number of halogens is 1. The Labute approximate surface area is 102 Å². The molecule has 1 heterocycles. The Hall–Kier alpha value is -1.02. The molecule has 2 aromatic rings. The van der Waals surface area contributed by atoms with Gasteiger partial charge < -0.3 is 0 Å². The second kappa shape index (κ2) is 4.23. The van der Waals surface area contributed by atoms with E-state index in [0.717, 1.165) is 10.6 Å². The molecular formula is C10H5ClN2S2. The molecule has 0 fully saturated rings. The van der Waals surface area contributed by atoms with Crippen LogP contribution in [0.25, 0.3) is 10.6 Å². The second-order valence-corrected chi connectivity index (χ2v) is 4.51. The third-order valence-electron chi connectivity index (χ3n) is 1.83. The Kier molecular flexibility index (Phi) is 2.96. The van der Waals surface area contributed by atoms with Gasteiger partial charge in [0.1, 0.15) is 11.1 Å². The summed E-state index contributed by atoms with van der Waals surface area (Å²) >= 11 is 11.7. The maximum Gasteiger partial charge on any atom is 0.152 e. The van der Waals surface area contributed by atoms with E-state index in [0.29, 0.717) is 15.6 Å². The quantitative estimate of drug-likeness (QED) is 0.787. The Bertz CT molecular complexity index is 543. The Morgan fingerprint density at radius 3 is 2.93 bits per heavy atom. The molecule has 5 heteroatoms. The normalized spacial score (nSPS) is 9.93. The molecule has 0 unspecified atom stereocenters. The predicted octanol–water partition coefficient (Wildman–Crippen LogP) is 3.62. The number of thiazole rings is 1. The van der Waals surface area contributed by atoms with Gasteiger partial charge in [-0.15, -0.1) is 24.0 Å². The third kappa shape index (κ3) is 2.00. The average molecular weight is 253 g/mol. The van der Waals surface area contributed by atoms with E-state index in [4.69, 9.17) is 16.9 Å². The Morgan fingerprint density at radius 1 is 1.47 bits per heavy atom.